The van der Waals surface area contributed by atoms with E-state index in [2.05, 4.69) is 5.32 Å². The maximum Gasteiger partial charge on any atom is 0.416 e. The number of carbonyl (C=O) groups excluding carboxylic acids is 4. The molecule has 0 aromatic heterocycles. The average Bonchev–Trinajstić information content (AvgIpc) is 2.78. The third kappa shape index (κ3) is 3.83. The molecule has 2 aromatic rings. The van der Waals surface area contributed by atoms with Crippen LogP contribution in [0.15, 0.2) is 48.5 Å². The summed E-state index contributed by atoms with van der Waals surface area (Å²) in [6.45, 7) is -0.525. The first-order valence-corrected chi connectivity index (χ1v) is 9.47. The zero-order valence-electron chi connectivity index (χ0n) is 17.2. The molecule has 1 atom stereocenters. The fourth-order valence-electron chi connectivity index (χ4n) is 3.74. The molecular formula is C22H19F3N2O5. The highest BCUT2D eigenvalue weighted by Crippen LogP contribution is 2.40. The predicted octanol–water partition coefficient (Wildman–Crippen LogP) is 2.43. The lowest BCUT2D eigenvalue weighted by atomic mass is 9.71. The minimum absolute atomic E-state index is 0.00532. The Bertz CT molecular complexity index is 1100. The molecule has 168 valence electrons. The Kier molecular flexibility index (Phi) is 6.07. The molecule has 7 nitrogen and oxygen atoms in total. The van der Waals surface area contributed by atoms with Crippen molar-refractivity contribution in [2.75, 3.05) is 14.2 Å². The molecule has 3 amide bonds. The molecule has 0 fully saturated rings. The van der Waals surface area contributed by atoms with Gasteiger partial charge in [-0.05, 0) is 29.3 Å². The van der Waals surface area contributed by atoms with Crippen molar-refractivity contribution in [1.82, 2.24) is 10.2 Å². The third-order valence-corrected chi connectivity index (χ3v) is 5.31. The predicted molar refractivity (Wildman–Crippen MR) is 105 cm³/mol. The quantitative estimate of drug-likeness (QED) is 0.431. The highest BCUT2D eigenvalue weighted by Gasteiger charge is 2.57. The maximum atomic E-state index is 13.6. The van der Waals surface area contributed by atoms with Crippen LogP contribution in [0.3, 0.4) is 0 Å². The topological polar surface area (TPSA) is 92.8 Å². The Balaban J connectivity index is 2.16. The molecule has 1 unspecified atom stereocenters. The number of carbonyl (C=O) groups is 4. The number of nitrogens with one attached hydrogen (secondary N) is 1. The van der Waals surface area contributed by atoms with Crippen molar-refractivity contribution in [1.29, 1.82) is 0 Å². The lowest BCUT2D eigenvalue weighted by Gasteiger charge is -2.39. The van der Waals surface area contributed by atoms with Gasteiger partial charge in [-0.3, -0.25) is 24.1 Å². The first kappa shape index (κ1) is 23.0. The summed E-state index contributed by atoms with van der Waals surface area (Å²) in [7, 11) is 2.36. The first-order valence-electron chi connectivity index (χ1n) is 9.47. The average molecular weight is 448 g/mol. The van der Waals surface area contributed by atoms with Crippen LogP contribution in [0.5, 0.6) is 0 Å². The molecule has 1 heterocycles. The number of halogens is 3. The molecule has 1 aliphatic rings. The zero-order chi connectivity index (χ0) is 23.7. The third-order valence-electron chi connectivity index (χ3n) is 5.31. The molecule has 32 heavy (non-hydrogen) atoms. The van der Waals surface area contributed by atoms with Crippen LogP contribution in [0.4, 0.5) is 13.2 Å². The number of amides is 3. The van der Waals surface area contributed by atoms with Gasteiger partial charge in [0, 0.05) is 12.6 Å². The van der Waals surface area contributed by atoms with Gasteiger partial charge in [-0.15, -0.1) is 0 Å². The highest BCUT2D eigenvalue weighted by atomic mass is 19.4. The molecule has 1 N–H and O–H groups in total. The molecular weight excluding hydrogens is 429 g/mol. The van der Waals surface area contributed by atoms with Gasteiger partial charge < -0.3 is 10.1 Å². The van der Waals surface area contributed by atoms with E-state index in [-0.39, 0.29) is 16.7 Å². The van der Waals surface area contributed by atoms with Crippen LogP contribution in [-0.2, 0) is 37.3 Å². The van der Waals surface area contributed by atoms with Crippen molar-refractivity contribution in [3.8, 4) is 0 Å². The lowest BCUT2D eigenvalue weighted by molar-refractivity contribution is -0.158. The molecule has 0 spiro atoms. The summed E-state index contributed by atoms with van der Waals surface area (Å²) < 4.78 is 44.1. The fraction of sp³-hybridized carbons (Fsp3) is 0.273. The highest BCUT2D eigenvalue weighted by molar-refractivity contribution is 6.22. The minimum atomic E-state index is -4.62. The van der Waals surface area contributed by atoms with E-state index in [9.17, 15) is 32.3 Å². The number of hydrogen-bond donors (Lipinski definition) is 1. The van der Waals surface area contributed by atoms with Crippen LogP contribution >= 0.6 is 0 Å². The Hall–Kier alpha value is -3.69. The number of ether oxygens (including phenoxy) is 1. The summed E-state index contributed by atoms with van der Waals surface area (Å²) >= 11 is 0. The molecule has 3 rings (SSSR count). The van der Waals surface area contributed by atoms with Crippen LogP contribution in [0.2, 0.25) is 0 Å². The molecule has 0 saturated carbocycles. The summed E-state index contributed by atoms with van der Waals surface area (Å²) in [6, 6.07) is 9.94. The van der Waals surface area contributed by atoms with E-state index in [4.69, 9.17) is 4.74 Å². The van der Waals surface area contributed by atoms with Crippen molar-refractivity contribution in [2.45, 2.75) is 24.6 Å². The van der Waals surface area contributed by atoms with Gasteiger partial charge in [0.05, 0.1) is 25.6 Å². The zero-order valence-corrected chi connectivity index (χ0v) is 17.2. The van der Waals surface area contributed by atoms with Crippen LogP contribution in [0.25, 0.3) is 0 Å². The molecule has 0 radical (unpaired) electrons. The van der Waals surface area contributed by atoms with Gasteiger partial charge in [0.1, 0.15) is 0 Å². The molecule has 1 aliphatic heterocycles. The van der Waals surface area contributed by atoms with Gasteiger partial charge in [0.15, 0.2) is 5.41 Å². The summed E-state index contributed by atoms with van der Waals surface area (Å²) in [6.07, 6.45) is -5.26. The van der Waals surface area contributed by atoms with Crippen LogP contribution in [0, 0.1) is 0 Å². The van der Waals surface area contributed by atoms with E-state index in [1.165, 1.54) is 37.4 Å². The second kappa shape index (κ2) is 8.45. The van der Waals surface area contributed by atoms with E-state index in [0.29, 0.717) is 4.90 Å². The summed E-state index contributed by atoms with van der Waals surface area (Å²) in [5.74, 6) is -3.56. The van der Waals surface area contributed by atoms with E-state index < -0.39 is 53.8 Å². The summed E-state index contributed by atoms with van der Waals surface area (Å²) in [5, 5.41) is 2.34. The normalized spacial score (nSPS) is 18.2. The number of methoxy groups -OCH3 is 1. The van der Waals surface area contributed by atoms with Crippen molar-refractivity contribution < 1.29 is 37.1 Å². The maximum absolute atomic E-state index is 13.6. The molecule has 2 aromatic carbocycles. The number of fused-ring (bicyclic) bond motifs is 1. The van der Waals surface area contributed by atoms with Crippen molar-refractivity contribution in [2.24, 2.45) is 0 Å². The van der Waals surface area contributed by atoms with Gasteiger partial charge >= 0.3 is 12.1 Å². The number of benzene rings is 2. The van der Waals surface area contributed by atoms with Gasteiger partial charge in [-0.2, -0.15) is 13.2 Å². The van der Waals surface area contributed by atoms with Gasteiger partial charge in [0.25, 0.3) is 11.8 Å². The SMILES string of the molecule is CNC(=O)CC1(C(=O)OC)C(=O)N(Cc2cccc(C(F)(F)F)c2)C(=O)c2ccccc21. The van der Waals surface area contributed by atoms with Crippen molar-refractivity contribution in [3.63, 3.8) is 0 Å². The van der Waals surface area contributed by atoms with Gasteiger partial charge in [0.2, 0.25) is 5.91 Å². The van der Waals surface area contributed by atoms with E-state index >= 15 is 0 Å². The second-order valence-electron chi connectivity index (χ2n) is 7.19. The van der Waals surface area contributed by atoms with Crippen LogP contribution in [0.1, 0.15) is 33.5 Å². The number of nitrogens with zero attached hydrogens (tertiary/aromatic N) is 1. The van der Waals surface area contributed by atoms with E-state index in [1.807, 2.05) is 0 Å². The number of hydrogen-bond acceptors (Lipinski definition) is 5. The first-order chi connectivity index (χ1) is 15.1. The van der Waals surface area contributed by atoms with Crippen LogP contribution in [-0.4, -0.2) is 42.7 Å². The summed E-state index contributed by atoms with van der Waals surface area (Å²) in [4.78, 5) is 52.5. The fourth-order valence-corrected chi connectivity index (χ4v) is 3.74. The monoisotopic (exact) mass is 448 g/mol. The largest absolute Gasteiger partial charge is 0.468 e. The molecule has 10 heteroatoms. The smallest absolute Gasteiger partial charge is 0.416 e. The number of rotatable bonds is 5. The summed E-state index contributed by atoms with van der Waals surface area (Å²) in [5.41, 5.74) is -3.10. The molecule has 0 bridgehead atoms. The van der Waals surface area contributed by atoms with Crippen molar-refractivity contribution in [3.05, 3.63) is 70.8 Å². The molecule has 0 saturated heterocycles. The number of esters is 1. The Morgan fingerprint density at radius 3 is 2.41 bits per heavy atom. The van der Waals surface area contributed by atoms with Gasteiger partial charge in [-0.1, -0.05) is 30.3 Å². The second-order valence-corrected chi connectivity index (χ2v) is 7.19. The lowest BCUT2D eigenvalue weighted by Crippen LogP contribution is -2.59. The van der Waals surface area contributed by atoms with Crippen molar-refractivity contribution >= 4 is 23.7 Å². The Morgan fingerprint density at radius 2 is 1.78 bits per heavy atom. The van der Waals surface area contributed by atoms with Gasteiger partial charge in [-0.25, -0.2) is 0 Å². The minimum Gasteiger partial charge on any atom is -0.468 e. The van der Waals surface area contributed by atoms with Crippen LogP contribution < -0.4 is 5.32 Å². The Morgan fingerprint density at radius 1 is 1.09 bits per heavy atom. The van der Waals surface area contributed by atoms with E-state index in [1.54, 1.807) is 0 Å². The Labute approximate surface area is 181 Å². The van der Waals surface area contributed by atoms with E-state index in [0.717, 1.165) is 25.3 Å². The number of imide groups is 1. The number of alkyl halides is 3. The molecule has 0 aliphatic carbocycles. The standard InChI is InChI=1S/C22H19F3N2O5/c1-26-17(28)11-21(20(31)32-2)16-9-4-3-8-15(16)18(29)27(19(21)30)12-13-6-5-7-14(10-13)22(23,24)25/h3-10H,11-12H2,1-2H3,(H,26,28).